The van der Waals surface area contributed by atoms with Crippen molar-refractivity contribution >= 4 is 5.82 Å². The molecule has 1 aromatic rings. The van der Waals surface area contributed by atoms with Gasteiger partial charge in [-0.25, -0.2) is 8.78 Å². The number of nitrogens with zero attached hydrogens (tertiary/aromatic N) is 4. The highest BCUT2D eigenvalue weighted by atomic mass is 19.3. The average molecular weight is 202 g/mol. The van der Waals surface area contributed by atoms with E-state index in [1.54, 1.807) is 10.9 Å². The van der Waals surface area contributed by atoms with E-state index < -0.39 is 5.92 Å². The van der Waals surface area contributed by atoms with Gasteiger partial charge < -0.3 is 4.90 Å². The lowest BCUT2D eigenvalue weighted by atomic mass is 10.1. The zero-order chi connectivity index (χ0) is 10.2. The van der Waals surface area contributed by atoms with Crippen LogP contribution in [0, 0.1) is 0 Å². The number of halogens is 2. The molecule has 1 aromatic heterocycles. The maximum atomic E-state index is 12.5. The van der Waals surface area contributed by atoms with Gasteiger partial charge in [-0.1, -0.05) is 12.1 Å². The van der Waals surface area contributed by atoms with E-state index in [4.69, 9.17) is 0 Å². The quantitative estimate of drug-likeness (QED) is 0.737. The second kappa shape index (κ2) is 3.18. The van der Waals surface area contributed by atoms with Gasteiger partial charge in [0.1, 0.15) is 0 Å². The third-order valence-corrected chi connectivity index (χ3v) is 2.15. The van der Waals surface area contributed by atoms with E-state index in [1.807, 2.05) is 6.92 Å². The molecule has 0 saturated carbocycles. The van der Waals surface area contributed by atoms with Gasteiger partial charge in [0, 0.05) is 6.54 Å². The first kappa shape index (κ1) is 9.36. The second-order valence-electron chi connectivity index (χ2n) is 3.55. The summed E-state index contributed by atoms with van der Waals surface area (Å²) in [4.78, 5) is 1.53. The molecule has 2 heterocycles. The summed E-state index contributed by atoms with van der Waals surface area (Å²) in [5.74, 6) is -2.00. The monoisotopic (exact) mass is 202 g/mol. The number of aromatic nitrogens is 3. The van der Waals surface area contributed by atoms with Crippen molar-refractivity contribution in [2.45, 2.75) is 25.8 Å². The minimum atomic E-state index is -2.55. The summed E-state index contributed by atoms with van der Waals surface area (Å²) in [6.07, 6.45) is 2.66. The maximum absolute atomic E-state index is 12.5. The predicted octanol–water partition coefficient (Wildman–Crippen LogP) is 1.14. The largest absolute Gasteiger partial charge is 0.342 e. The Bertz CT molecular complexity index is 315. The lowest BCUT2D eigenvalue weighted by Crippen LogP contribution is -2.56. The Morgan fingerprint density at radius 3 is 2.79 bits per heavy atom. The Hall–Kier alpha value is -1.20. The van der Waals surface area contributed by atoms with E-state index in [-0.39, 0.29) is 13.1 Å². The van der Waals surface area contributed by atoms with Crippen molar-refractivity contribution < 1.29 is 8.78 Å². The van der Waals surface area contributed by atoms with E-state index in [1.165, 1.54) is 4.90 Å². The molecule has 0 amide bonds. The molecule has 0 unspecified atom stereocenters. The molecule has 78 valence electrons. The molecule has 6 heteroatoms. The van der Waals surface area contributed by atoms with Crippen molar-refractivity contribution in [3.63, 3.8) is 0 Å². The first-order valence-electron chi connectivity index (χ1n) is 4.63. The molecule has 1 fully saturated rings. The third-order valence-electron chi connectivity index (χ3n) is 2.15. The van der Waals surface area contributed by atoms with Crippen LogP contribution in [-0.2, 0) is 6.54 Å². The van der Waals surface area contributed by atoms with Crippen LogP contribution in [0.5, 0.6) is 0 Å². The molecule has 1 aliphatic heterocycles. The molecule has 1 saturated heterocycles. The molecule has 0 atom stereocenters. The van der Waals surface area contributed by atoms with Crippen LogP contribution < -0.4 is 4.90 Å². The number of hydrogen-bond donors (Lipinski definition) is 0. The summed E-state index contributed by atoms with van der Waals surface area (Å²) in [6, 6.07) is 0. The van der Waals surface area contributed by atoms with Crippen LogP contribution in [0.15, 0.2) is 6.20 Å². The first-order chi connectivity index (χ1) is 6.61. The number of aryl methyl sites for hydroxylation is 1. The number of rotatable bonds is 3. The molecule has 0 aromatic carbocycles. The second-order valence-corrected chi connectivity index (χ2v) is 3.55. The molecule has 0 radical (unpaired) electrons. The van der Waals surface area contributed by atoms with Crippen LogP contribution in [0.2, 0.25) is 0 Å². The van der Waals surface area contributed by atoms with Gasteiger partial charge in [-0.05, 0) is 6.42 Å². The van der Waals surface area contributed by atoms with Gasteiger partial charge in [0.15, 0.2) is 5.82 Å². The van der Waals surface area contributed by atoms with Gasteiger partial charge in [-0.15, -0.1) is 5.10 Å². The molecule has 0 aliphatic carbocycles. The Labute approximate surface area is 80.5 Å². The van der Waals surface area contributed by atoms with E-state index in [9.17, 15) is 8.78 Å². The van der Waals surface area contributed by atoms with E-state index >= 15 is 0 Å². The average Bonchev–Trinajstić information content (AvgIpc) is 2.49. The molecule has 14 heavy (non-hydrogen) atoms. The summed E-state index contributed by atoms with van der Waals surface area (Å²) in [5.41, 5.74) is 0. The highest BCUT2D eigenvalue weighted by Crippen LogP contribution is 2.29. The van der Waals surface area contributed by atoms with Gasteiger partial charge in [-0.2, -0.15) is 0 Å². The molecule has 0 spiro atoms. The van der Waals surface area contributed by atoms with E-state index in [0.29, 0.717) is 5.82 Å². The molecule has 0 N–H and O–H groups in total. The van der Waals surface area contributed by atoms with Gasteiger partial charge in [-0.3, -0.25) is 4.68 Å². The fraction of sp³-hybridized carbons (Fsp3) is 0.750. The van der Waals surface area contributed by atoms with Crippen molar-refractivity contribution in [3.8, 4) is 0 Å². The summed E-state index contributed by atoms with van der Waals surface area (Å²) < 4.78 is 26.7. The van der Waals surface area contributed by atoms with Gasteiger partial charge >= 0.3 is 0 Å². The molecule has 1 aliphatic rings. The highest BCUT2D eigenvalue weighted by molar-refractivity contribution is 5.40. The van der Waals surface area contributed by atoms with Crippen LogP contribution in [0.1, 0.15) is 13.3 Å². The Morgan fingerprint density at radius 1 is 1.50 bits per heavy atom. The fourth-order valence-corrected chi connectivity index (χ4v) is 1.45. The predicted molar refractivity (Wildman–Crippen MR) is 47.5 cm³/mol. The molecular formula is C8H12F2N4. The van der Waals surface area contributed by atoms with Crippen LogP contribution in [-0.4, -0.2) is 34.0 Å². The van der Waals surface area contributed by atoms with Crippen LogP contribution in [0.3, 0.4) is 0 Å². The third kappa shape index (κ3) is 1.69. The lowest BCUT2D eigenvalue weighted by molar-refractivity contribution is -0.0267. The first-order valence-corrected chi connectivity index (χ1v) is 4.63. The number of alkyl halides is 2. The van der Waals surface area contributed by atoms with Crippen molar-refractivity contribution in [2.75, 3.05) is 18.0 Å². The van der Waals surface area contributed by atoms with Crippen molar-refractivity contribution in [3.05, 3.63) is 6.20 Å². The molecular weight excluding hydrogens is 190 g/mol. The Morgan fingerprint density at radius 2 is 2.21 bits per heavy atom. The molecule has 2 rings (SSSR count). The van der Waals surface area contributed by atoms with Gasteiger partial charge in [0.2, 0.25) is 0 Å². The SMILES string of the molecule is CCCn1cc(N2CC(F)(F)C2)nn1. The molecule has 0 bridgehead atoms. The van der Waals surface area contributed by atoms with Gasteiger partial charge in [0.05, 0.1) is 19.3 Å². The van der Waals surface area contributed by atoms with E-state index in [2.05, 4.69) is 10.3 Å². The minimum Gasteiger partial charge on any atom is -0.342 e. The number of hydrogen-bond acceptors (Lipinski definition) is 3. The van der Waals surface area contributed by atoms with Crippen molar-refractivity contribution in [2.24, 2.45) is 0 Å². The van der Waals surface area contributed by atoms with Crippen LogP contribution in [0.4, 0.5) is 14.6 Å². The summed E-state index contributed by atoms with van der Waals surface area (Å²) in [7, 11) is 0. The smallest absolute Gasteiger partial charge is 0.282 e. The lowest BCUT2D eigenvalue weighted by Gasteiger charge is -2.38. The summed E-state index contributed by atoms with van der Waals surface area (Å²) in [5, 5.41) is 7.66. The Kier molecular flexibility index (Phi) is 2.13. The van der Waals surface area contributed by atoms with E-state index in [0.717, 1.165) is 13.0 Å². The molecule has 4 nitrogen and oxygen atoms in total. The van der Waals surface area contributed by atoms with Crippen LogP contribution in [0.25, 0.3) is 0 Å². The van der Waals surface area contributed by atoms with Crippen molar-refractivity contribution in [1.29, 1.82) is 0 Å². The normalized spacial score (nSPS) is 19.5. The van der Waals surface area contributed by atoms with Crippen LogP contribution >= 0.6 is 0 Å². The van der Waals surface area contributed by atoms with Crippen molar-refractivity contribution in [1.82, 2.24) is 15.0 Å². The summed E-state index contributed by atoms with van der Waals surface area (Å²) in [6.45, 7) is 2.33. The van der Waals surface area contributed by atoms with Gasteiger partial charge in [0.25, 0.3) is 5.92 Å². The summed E-state index contributed by atoms with van der Waals surface area (Å²) >= 11 is 0. The zero-order valence-electron chi connectivity index (χ0n) is 7.95. The topological polar surface area (TPSA) is 34.0 Å². The fourth-order valence-electron chi connectivity index (χ4n) is 1.45. The minimum absolute atomic E-state index is 0.238. The maximum Gasteiger partial charge on any atom is 0.282 e. The Balaban J connectivity index is 1.98. The zero-order valence-corrected chi connectivity index (χ0v) is 7.95. The number of anilines is 1. The standard InChI is InChI=1S/C8H12F2N4/c1-2-3-14-4-7(11-12-14)13-5-8(9,10)6-13/h4H,2-3,5-6H2,1H3. The highest BCUT2D eigenvalue weighted by Gasteiger charge is 2.44.